The number of carbonyl (C=O) groups is 2. The Kier molecular flexibility index (Phi) is 5.17. The number of thiazole rings is 1. The summed E-state index contributed by atoms with van der Waals surface area (Å²) in [5.74, 6) is -0.509. The molecule has 0 spiro atoms. The Morgan fingerprint density at radius 1 is 1.17 bits per heavy atom. The number of nitrogens with zero attached hydrogens (tertiary/aromatic N) is 2. The van der Waals surface area contributed by atoms with Gasteiger partial charge in [-0.1, -0.05) is 18.2 Å². The molecule has 1 aliphatic heterocycles. The lowest BCUT2D eigenvalue weighted by molar-refractivity contribution is -0.137. The summed E-state index contributed by atoms with van der Waals surface area (Å²) in [5.41, 5.74) is 0.615. The van der Waals surface area contributed by atoms with Crippen molar-refractivity contribution in [1.29, 1.82) is 0 Å². The number of benzene rings is 2. The Hall–Kier alpha value is -3.40. The molecule has 0 radical (unpaired) electrons. The van der Waals surface area contributed by atoms with Gasteiger partial charge < -0.3 is 10.1 Å². The number of hydrogen-bond donors (Lipinski definition) is 1. The van der Waals surface area contributed by atoms with Gasteiger partial charge in [-0.25, -0.2) is 9.78 Å². The fourth-order valence-electron chi connectivity index (χ4n) is 2.91. The molecule has 0 unspecified atom stereocenters. The van der Waals surface area contributed by atoms with Crippen LogP contribution in [0.25, 0.3) is 10.6 Å². The molecule has 0 aliphatic carbocycles. The van der Waals surface area contributed by atoms with Crippen LogP contribution in [0.4, 0.5) is 29.3 Å². The van der Waals surface area contributed by atoms with Crippen LogP contribution in [0.1, 0.15) is 16.1 Å². The maximum atomic E-state index is 12.9. The van der Waals surface area contributed by atoms with Crippen LogP contribution in [0, 0.1) is 0 Å². The Morgan fingerprint density at radius 3 is 2.70 bits per heavy atom. The SMILES string of the molecule is O=C(Nc1cccc(N2CCOC2=O)c1)c1csc(-c2cccc(C(F)(F)F)c2)n1. The van der Waals surface area contributed by atoms with Crippen LogP contribution in [0.2, 0.25) is 0 Å². The molecule has 154 valence electrons. The van der Waals surface area contributed by atoms with E-state index in [0.29, 0.717) is 29.5 Å². The van der Waals surface area contributed by atoms with Crippen molar-refractivity contribution in [3.63, 3.8) is 0 Å². The van der Waals surface area contributed by atoms with Gasteiger partial charge in [0.2, 0.25) is 0 Å². The average Bonchev–Trinajstić information content (AvgIpc) is 3.37. The van der Waals surface area contributed by atoms with Crippen LogP contribution >= 0.6 is 11.3 Å². The third kappa shape index (κ3) is 4.13. The maximum Gasteiger partial charge on any atom is 0.416 e. The highest BCUT2D eigenvalue weighted by molar-refractivity contribution is 7.13. The highest BCUT2D eigenvalue weighted by Gasteiger charge is 2.30. The monoisotopic (exact) mass is 433 g/mol. The third-order valence-electron chi connectivity index (χ3n) is 4.35. The fraction of sp³-hybridized carbons (Fsp3) is 0.150. The van der Waals surface area contributed by atoms with E-state index in [1.54, 1.807) is 24.3 Å². The molecule has 1 aromatic heterocycles. The van der Waals surface area contributed by atoms with Crippen molar-refractivity contribution >= 4 is 34.7 Å². The van der Waals surface area contributed by atoms with Crippen molar-refractivity contribution < 1.29 is 27.5 Å². The Balaban J connectivity index is 1.51. The van der Waals surface area contributed by atoms with Crippen LogP contribution in [-0.2, 0) is 10.9 Å². The molecular formula is C20H14F3N3O3S. The van der Waals surface area contributed by atoms with Crippen molar-refractivity contribution in [2.75, 3.05) is 23.4 Å². The number of nitrogens with one attached hydrogen (secondary N) is 1. The Morgan fingerprint density at radius 2 is 1.97 bits per heavy atom. The van der Waals surface area contributed by atoms with Gasteiger partial charge in [-0.15, -0.1) is 11.3 Å². The summed E-state index contributed by atoms with van der Waals surface area (Å²) < 4.78 is 43.6. The molecule has 4 rings (SSSR count). The van der Waals surface area contributed by atoms with E-state index in [2.05, 4.69) is 10.3 Å². The van der Waals surface area contributed by atoms with E-state index in [1.807, 2.05) is 0 Å². The van der Waals surface area contributed by atoms with Gasteiger partial charge in [-0.2, -0.15) is 13.2 Å². The maximum absolute atomic E-state index is 12.9. The standard InChI is InChI=1S/C20H14F3N3O3S/c21-20(22,23)13-4-1-3-12(9-13)18-25-16(11-30-18)17(27)24-14-5-2-6-15(10-14)26-7-8-29-19(26)28/h1-6,9-11H,7-8H2,(H,24,27). The van der Waals surface area contributed by atoms with Gasteiger partial charge in [-0.3, -0.25) is 9.69 Å². The summed E-state index contributed by atoms with van der Waals surface area (Å²) in [4.78, 5) is 29.8. The summed E-state index contributed by atoms with van der Waals surface area (Å²) in [6.07, 6.45) is -4.91. The largest absolute Gasteiger partial charge is 0.447 e. The van der Waals surface area contributed by atoms with Crippen LogP contribution in [0.3, 0.4) is 0 Å². The zero-order valence-electron chi connectivity index (χ0n) is 15.3. The Bertz CT molecular complexity index is 1110. The summed E-state index contributed by atoms with van der Waals surface area (Å²) >= 11 is 1.08. The van der Waals surface area contributed by atoms with E-state index >= 15 is 0 Å². The van der Waals surface area contributed by atoms with E-state index in [0.717, 1.165) is 23.5 Å². The number of carbonyl (C=O) groups excluding carboxylic acids is 2. The number of rotatable bonds is 4. The van der Waals surface area contributed by atoms with Crippen molar-refractivity contribution in [3.05, 3.63) is 65.2 Å². The first-order valence-corrected chi connectivity index (χ1v) is 9.68. The summed E-state index contributed by atoms with van der Waals surface area (Å²) in [5, 5.41) is 4.47. The van der Waals surface area contributed by atoms with Crippen molar-refractivity contribution in [1.82, 2.24) is 4.98 Å². The molecular weight excluding hydrogens is 419 g/mol. The average molecular weight is 433 g/mol. The molecule has 1 fully saturated rings. The zero-order chi connectivity index (χ0) is 21.3. The molecule has 2 aromatic carbocycles. The summed E-state index contributed by atoms with van der Waals surface area (Å²) in [6.45, 7) is 0.717. The molecule has 1 saturated heterocycles. The topological polar surface area (TPSA) is 71.5 Å². The minimum atomic E-state index is -4.46. The van der Waals surface area contributed by atoms with Gasteiger partial charge in [-0.05, 0) is 30.3 Å². The lowest BCUT2D eigenvalue weighted by Crippen LogP contribution is -2.23. The number of ether oxygens (including phenoxy) is 1. The predicted octanol–water partition coefficient (Wildman–Crippen LogP) is 5.04. The molecule has 1 aliphatic rings. The number of aromatic nitrogens is 1. The minimum absolute atomic E-state index is 0.0818. The van der Waals surface area contributed by atoms with Gasteiger partial charge in [0.25, 0.3) is 5.91 Å². The Labute approximate surface area is 172 Å². The zero-order valence-corrected chi connectivity index (χ0v) is 16.1. The van der Waals surface area contributed by atoms with E-state index in [-0.39, 0.29) is 11.3 Å². The number of hydrogen-bond acceptors (Lipinski definition) is 5. The summed E-state index contributed by atoms with van der Waals surface area (Å²) in [7, 11) is 0. The molecule has 2 amide bonds. The van der Waals surface area contributed by atoms with E-state index in [4.69, 9.17) is 4.74 Å². The first-order valence-electron chi connectivity index (χ1n) is 8.80. The third-order valence-corrected chi connectivity index (χ3v) is 5.24. The molecule has 6 nitrogen and oxygen atoms in total. The number of halogens is 3. The summed E-state index contributed by atoms with van der Waals surface area (Å²) in [6, 6.07) is 11.5. The van der Waals surface area contributed by atoms with Gasteiger partial charge in [0.1, 0.15) is 17.3 Å². The molecule has 0 bridgehead atoms. The lowest BCUT2D eigenvalue weighted by Gasteiger charge is -2.14. The molecule has 30 heavy (non-hydrogen) atoms. The van der Waals surface area contributed by atoms with Gasteiger partial charge in [0.05, 0.1) is 12.1 Å². The molecule has 1 N–H and O–H groups in total. The highest BCUT2D eigenvalue weighted by Crippen LogP contribution is 2.33. The normalized spacial score (nSPS) is 14.0. The van der Waals surface area contributed by atoms with Crippen LogP contribution < -0.4 is 10.2 Å². The minimum Gasteiger partial charge on any atom is -0.447 e. The fourth-order valence-corrected chi connectivity index (χ4v) is 3.71. The smallest absolute Gasteiger partial charge is 0.416 e. The van der Waals surface area contributed by atoms with Crippen LogP contribution in [0.5, 0.6) is 0 Å². The second kappa shape index (κ2) is 7.79. The van der Waals surface area contributed by atoms with Gasteiger partial charge >= 0.3 is 12.3 Å². The number of anilines is 2. The van der Waals surface area contributed by atoms with E-state index < -0.39 is 23.7 Å². The van der Waals surface area contributed by atoms with Crippen molar-refractivity contribution in [3.8, 4) is 10.6 Å². The highest BCUT2D eigenvalue weighted by atomic mass is 32.1. The second-order valence-corrected chi connectivity index (χ2v) is 7.25. The van der Waals surface area contributed by atoms with E-state index in [1.165, 1.54) is 22.4 Å². The quantitative estimate of drug-likeness (QED) is 0.626. The first kappa shape index (κ1) is 19.9. The first-order chi connectivity index (χ1) is 14.3. The predicted molar refractivity (Wildman–Crippen MR) is 106 cm³/mol. The molecule has 0 atom stereocenters. The lowest BCUT2D eigenvalue weighted by atomic mass is 10.1. The van der Waals surface area contributed by atoms with Crippen LogP contribution in [-0.4, -0.2) is 30.1 Å². The molecule has 3 aromatic rings. The van der Waals surface area contributed by atoms with Crippen molar-refractivity contribution in [2.45, 2.75) is 6.18 Å². The van der Waals surface area contributed by atoms with E-state index in [9.17, 15) is 22.8 Å². The number of cyclic esters (lactones) is 1. The van der Waals surface area contributed by atoms with Crippen molar-refractivity contribution in [2.24, 2.45) is 0 Å². The second-order valence-electron chi connectivity index (χ2n) is 6.39. The molecule has 10 heteroatoms. The van der Waals surface area contributed by atoms with Gasteiger partial charge in [0.15, 0.2) is 0 Å². The molecule has 0 saturated carbocycles. The van der Waals surface area contributed by atoms with Crippen LogP contribution in [0.15, 0.2) is 53.9 Å². The number of alkyl halides is 3. The van der Waals surface area contributed by atoms with Gasteiger partial charge in [0, 0.05) is 22.3 Å². The number of amides is 2. The molecule has 2 heterocycles.